The molecule has 1 heteroatoms. The molecule has 0 aromatic carbocycles. The summed E-state index contributed by atoms with van der Waals surface area (Å²) in [6.07, 6.45) is 5.54. The molecular weight excluding hydrogens is 140 g/mol. The Kier molecular flexibility index (Phi) is 3.51. The molecule has 0 N–H and O–H groups in total. The number of hydrogen-bond acceptors (Lipinski definition) is 0. The summed E-state index contributed by atoms with van der Waals surface area (Å²) in [7, 11) is 0. The third-order valence-corrected chi connectivity index (χ3v) is 1.53. The van der Waals surface area contributed by atoms with Crippen molar-refractivity contribution in [1.29, 1.82) is 0 Å². The second kappa shape index (κ2) is 3.67. The molecule has 0 bridgehead atoms. The number of rotatable bonds is 3. The molecule has 0 unspecified atom stereocenters. The van der Waals surface area contributed by atoms with Crippen LogP contribution < -0.4 is 0 Å². The standard InChI is InChI=1S/C9H14S/c1-5-7-8(6-2)9(3,4)10/h5-7,10H,1-2H2,3-4H3/p+1/b8-7+. The van der Waals surface area contributed by atoms with E-state index in [-0.39, 0.29) is 4.75 Å². The Morgan fingerprint density at radius 3 is 2.00 bits per heavy atom. The van der Waals surface area contributed by atoms with Crippen LogP contribution in [0.1, 0.15) is 13.8 Å². The van der Waals surface area contributed by atoms with Crippen molar-refractivity contribution in [1.82, 2.24) is 0 Å². The van der Waals surface area contributed by atoms with Crippen molar-refractivity contribution < 1.29 is 0 Å². The lowest BCUT2D eigenvalue weighted by atomic mass is 10.0. The second-order valence-corrected chi connectivity index (χ2v) is 3.94. The Labute approximate surface area is 68.7 Å². The monoisotopic (exact) mass is 155 g/mol. The maximum atomic E-state index is 3.70. The number of allylic oxidation sites excluding steroid dienone is 3. The zero-order valence-electron chi connectivity index (χ0n) is 6.65. The van der Waals surface area contributed by atoms with E-state index < -0.39 is 0 Å². The van der Waals surface area contributed by atoms with Crippen LogP contribution in [-0.4, -0.2) is 4.75 Å². The van der Waals surface area contributed by atoms with Crippen molar-refractivity contribution in [2.24, 2.45) is 0 Å². The zero-order valence-corrected chi connectivity index (χ0v) is 7.65. The van der Waals surface area contributed by atoms with E-state index >= 15 is 0 Å². The molecule has 0 fully saturated rings. The number of hydrogen-bond donors (Lipinski definition) is 0. The van der Waals surface area contributed by atoms with Gasteiger partial charge in [0.2, 0.25) is 0 Å². The van der Waals surface area contributed by atoms with Crippen molar-refractivity contribution in [2.45, 2.75) is 18.6 Å². The summed E-state index contributed by atoms with van der Waals surface area (Å²) >= 11 is 3.57. The van der Waals surface area contributed by atoms with Gasteiger partial charge in [-0.15, -0.1) is 0 Å². The minimum Gasteiger partial charge on any atom is -0.0991 e. The van der Waals surface area contributed by atoms with Crippen LogP contribution in [0.2, 0.25) is 0 Å². The molecule has 0 heterocycles. The highest BCUT2D eigenvalue weighted by Crippen LogP contribution is 2.17. The molecule has 56 valence electrons. The summed E-state index contributed by atoms with van der Waals surface area (Å²) in [6, 6.07) is 0. The first-order valence-corrected chi connectivity index (χ1v) is 3.73. The van der Waals surface area contributed by atoms with Crippen LogP contribution in [0.5, 0.6) is 0 Å². The van der Waals surface area contributed by atoms with Gasteiger partial charge in [-0.1, -0.05) is 31.4 Å². The fourth-order valence-corrected chi connectivity index (χ4v) is 0.844. The summed E-state index contributed by atoms with van der Waals surface area (Å²) in [5, 5.41) is 0. The van der Waals surface area contributed by atoms with Gasteiger partial charge in [0.05, 0.1) is 0 Å². The average molecular weight is 155 g/mol. The molecule has 0 aliphatic heterocycles. The summed E-state index contributed by atoms with van der Waals surface area (Å²) in [6.45, 7) is 11.5. The largest absolute Gasteiger partial charge is 0.142 e. The third kappa shape index (κ3) is 2.92. The van der Waals surface area contributed by atoms with Gasteiger partial charge in [-0.3, -0.25) is 0 Å². The molecule has 0 amide bonds. The molecular formula is C9H15S+. The van der Waals surface area contributed by atoms with E-state index in [1.807, 2.05) is 12.2 Å². The molecule has 0 rings (SSSR count). The van der Waals surface area contributed by atoms with Crippen LogP contribution in [0, 0.1) is 0 Å². The van der Waals surface area contributed by atoms with Gasteiger partial charge in [-0.05, 0) is 26.5 Å². The molecule has 0 atom stereocenters. The lowest BCUT2D eigenvalue weighted by Crippen LogP contribution is -2.17. The lowest BCUT2D eigenvalue weighted by Gasteiger charge is -2.11. The van der Waals surface area contributed by atoms with Crippen LogP contribution in [0.3, 0.4) is 0 Å². The van der Waals surface area contributed by atoms with E-state index in [9.17, 15) is 0 Å². The van der Waals surface area contributed by atoms with E-state index in [1.54, 1.807) is 6.08 Å². The Morgan fingerprint density at radius 2 is 1.90 bits per heavy atom. The molecule has 10 heavy (non-hydrogen) atoms. The van der Waals surface area contributed by atoms with Crippen molar-refractivity contribution in [3.63, 3.8) is 0 Å². The Morgan fingerprint density at radius 1 is 1.40 bits per heavy atom. The minimum atomic E-state index is -0.00403. The summed E-state index contributed by atoms with van der Waals surface area (Å²) < 4.78 is -0.00403. The first-order valence-electron chi connectivity index (χ1n) is 3.23. The fraction of sp³-hybridized carbons (Fsp3) is 0.333. The van der Waals surface area contributed by atoms with Crippen molar-refractivity contribution in [2.75, 3.05) is 0 Å². The summed E-state index contributed by atoms with van der Waals surface area (Å²) in [5.41, 5.74) is 1.14. The van der Waals surface area contributed by atoms with Gasteiger partial charge in [0.25, 0.3) is 0 Å². The normalized spacial score (nSPS) is 12.9. The van der Waals surface area contributed by atoms with Crippen LogP contribution in [0.15, 0.2) is 37.0 Å². The van der Waals surface area contributed by atoms with Crippen LogP contribution in [0.25, 0.3) is 0 Å². The molecule has 0 aliphatic carbocycles. The second-order valence-electron chi connectivity index (χ2n) is 2.69. The summed E-state index contributed by atoms with van der Waals surface area (Å²) in [5.74, 6) is 0. The molecule has 0 nitrogen and oxygen atoms in total. The van der Waals surface area contributed by atoms with Gasteiger partial charge in [0.15, 0.2) is 0 Å². The molecule has 0 aromatic rings. The summed E-state index contributed by atoms with van der Waals surface area (Å²) in [4.78, 5) is 0. The van der Waals surface area contributed by atoms with E-state index in [4.69, 9.17) is 0 Å². The smallest absolute Gasteiger partial charge is 0.0991 e. The maximum absolute atomic E-state index is 3.70. The van der Waals surface area contributed by atoms with Crippen LogP contribution >= 0.6 is 0 Å². The van der Waals surface area contributed by atoms with Gasteiger partial charge in [0.1, 0.15) is 4.75 Å². The van der Waals surface area contributed by atoms with E-state index in [0.717, 1.165) is 5.57 Å². The molecule has 0 aromatic heterocycles. The third-order valence-electron chi connectivity index (χ3n) is 1.24. The van der Waals surface area contributed by atoms with Crippen molar-refractivity contribution in [3.05, 3.63) is 37.0 Å². The quantitative estimate of drug-likeness (QED) is 0.432. The Hall–Kier alpha value is -0.430. The molecule has 0 aliphatic rings. The van der Waals surface area contributed by atoms with Crippen molar-refractivity contribution in [3.8, 4) is 0 Å². The van der Waals surface area contributed by atoms with Gasteiger partial charge in [-0.2, -0.15) is 0 Å². The first kappa shape index (κ1) is 9.57. The lowest BCUT2D eigenvalue weighted by molar-refractivity contribution is 0.864. The van der Waals surface area contributed by atoms with E-state index in [2.05, 4.69) is 39.6 Å². The minimum absolute atomic E-state index is 0.00403. The Balaban J connectivity index is 4.51. The highest BCUT2D eigenvalue weighted by molar-refractivity contribution is 7.60. The molecule has 0 radical (unpaired) electrons. The average Bonchev–Trinajstić information content (AvgIpc) is 1.80. The fourth-order valence-electron chi connectivity index (χ4n) is 0.658. The first-order chi connectivity index (χ1) is 4.52. The predicted octanol–water partition coefficient (Wildman–Crippen LogP) is 2.07. The Bertz CT molecular complexity index is 158. The van der Waals surface area contributed by atoms with Crippen LogP contribution in [0.4, 0.5) is 0 Å². The van der Waals surface area contributed by atoms with Crippen molar-refractivity contribution >= 4 is 12.6 Å². The predicted molar refractivity (Wildman–Crippen MR) is 52.7 cm³/mol. The molecule has 0 spiro atoms. The highest BCUT2D eigenvalue weighted by Gasteiger charge is 2.20. The van der Waals surface area contributed by atoms with Gasteiger partial charge >= 0.3 is 0 Å². The topological polar surface area (TPSA) is 0 Å². The molecule has 0 saturated heterocycles. The highest BCUT2D eigenvalue weighted by atomic mass is 32.1. The van der Waals surface area contributed by atoms with E-state index in [0.29, 0.717) is 0 Å². The SMILES string of the molecule is C=C/C=C(\C=C)C(C)(C)[SH2+]. The van der Waals surface area contributed by atoms with Gasteiger partial charge in [0, 0.05) is 5.57 Å². The molecule has 0 saturated carbocycles. The van der Waals surface area contributed by atoms with Gasteiger partial charge in [-0.25, -0.2) is 0 Å². The van der Waals surface area contributed by atoms with Crippen LogP contribution in [-0.2, 0) is 12.6 Å². The zero-order chi connectivity index (χ0) is 8.20. The van der Waals surface area contributed by atoms with E-state index in [1.165, 1.54) is 0 Å². The van der Waals surface area contributed by atoms with Gasteiger partial charge < -0.3 is 0 Å². The maximum Gasteiger partial charge on any atom is 0.142 e.